The number of aromatic nitrogens is 2. The van der Waals surface area contributed by atoms with Crippen molar-refractivity contribution in [1.82, 2.24) is 14.9 Å². The summed E-state index contributed by atoms with van der Waals surface area (Å²) < 4.78 is 17.7. The number of piperazine rings is 1. The molecule has 0 N–H and O–H groups in total. The van der Waals surface area contributed by atoms with Gasteiger partial charge in [0.1, 0.15) is 11.4 Å². The van der Waals surface area contributed by atoms with Crippen LogP contribution >= 0.6 is 11.6 Å². The highest BCUT2D eigenvalue weighted by Crippen LogP contribution is 2.46. The summed E-state index contributed by atoms with van der Waals surface area (Å²) in [5, 5.41) is 12.5. The van der Waals surface area contributed by atoms with Gasteiger partial charge in [-0.15, -0.1) is 0 Å². The maximum absolute atomic E-state index is 13.1. The average Bonchev–Trinajstić information content (AvgIpc) is 3.01. The quantitative estimate of drug-likeness (QED) is 0.263. The largest absolute Gasteiger partial charge is 0.463 e. The van der Waals surface area contributed by atoms with Crippen LogP contribution in [-0.4, -0.2) is 79.1 Å². The molecule has 1 aromatic heterocycles. The standard InChI is InChI=1S/C36H45ClN6O4/c1-24-18-36(19-24,22-45-5)23-46-33-39-29-21-41(30-11-7-9-25-8-6-10-28(37)31(25)30)15-13-27(29)32(40-33)42-16-17-43(26(20-42)12-14-38)34(44)47-35(2,3)4/h6-11,24,26H,12-13,15-23H2,1-5H3/t24?,26-,36?/m0/s1. The van der Waals surface area contributed by atoms with E-state index in [1.54, 1.807) is 12.0 Å². The molecule has 11 heteroatoms. The first kappa shape index (κ1) is 33.1. The molecule has 0 spiro atoms. The van der Waals surface area contributed by atoms with Crippen LogP contribution in [0.2, 0.25) is 5.02 Å². The van der Waals surface area contributed by atoms with E-state index in [1.807, 2.05) is 32.9 Å². The number of fused-ring (bicyclic) bond motifs is 2. The summed E-state index contributed by atoms with van der Waals surface area (Å²) in [6.07, 6.45) is 2.60. The molecule has 1 saturated heterocycles. The molecular formula is C36H45ClN6O4. The number of nitriles is 1. The van der Waals surface area contributed by atoms with Crippen LogP contribution in [0.15, 0.2) is 36.4 Å². The lowest BCUT2D eigenvalue weighted by Crippen LogP contribution is -2.56. The summed E-state index contributed by atoms with van der Waals surface area (Å²) in [7, 11) is 1.74. The topological polar surface area (TPSA) is 104 Å². The van der Waals surface area contributed by atoms with Crippen molar-refractivity contribution >= 4 is 40.0 Å². The molecule has 6 rings (SSSR count). The predicted molar refractivity (Wildman–Crippen MR) is 183 cm³/mol. The third kappa shape index (κ3) is 7.07. The molecule has 1 aliphatic carbocycles. The minimum Gasteiger partial charge on any atom is -0.463 e. The highest BCUT2D eigenvalue weighted by Gasteiger charge is 2.43. The number of hydrogen-bond donors (Lipinski definition) is 0. The number of nitrogens with zero attached hydrogens (tertiary/aromatic N) is 6. The number of hydrogen-bond acceptors (Lipinski definition) is 9. The van der Waals surface area contributed by atoms with Crippen molar-refractivity contribution in [2.75, 3.05) is 56.3 Å². The Balaban J connectivity index is 1.32. The van der Waals surface area contributed by atoms with E-state index < -0.39 is 11.7 Å². The number of carbonyl (C=O) groups is 1. The normalized spacial score (nSPS) is 22.8. The molecule has 1 amide bonds. The Hall–Kier alpha value is -3.81. The van der Waals surface area contributed by atoms with E-state index in [2.05, 4.69) is 47.1 Å². The zero-order valence-electron chi connectivity index (χ0n) is 28.1. The Labute approximate surface area is 282 Å². The highest BCUT2D eigenvalue weighted by atomic mass is 35.5. The van der Waals surface area contributed by atoms with Crippen molar-refractivity contribution in [1.29, 1.82) is 5.26 Å². The summed E-state index contributed by atoms with van der Waals surface area (Å²) in [6.45, 7) is 11.7. The summed E-state index contributed by atoms with van der Waals surface area (Å²) in [4.78, 5) is 29.4. The monoisotopic (exact) mass is 660 g/mol. The van der Waals surface area contributed by atoms with Gasteiger partial charge in [-0.1, -0.05) is 42.8 Å². The number of amides is 1. The third-order valence-corrected chi connectivity index (χ3v) is 9.77. The molecule has 0 radical (unpaired) electrons. The van der Waals surface area contributed by atoms with Gasteiger partial charge < -0.3 is 28.9 Å². The van der Waals surface area contributed by atoms with Crippen molar-refractivity contribution in [2.45, 2.75) is 71.6 Å². The van der Waals surface area contributed by atoms with Gasteiger partial charge in [0, 0.05) is 55.3 Å². The lowest BCUT2D eigenvalue weighted by atomic mass is 9.63. The average molecular weight is 661 g/mol. The number of methoxy groups -OCH3 is 1. The van der Waals surface area contributed by atoms with Crippen LogP contribution in [0.3, 0.4) is 0 Å². The molecule has 3 heterocycles. The van der Waals surface area contributed by atoms with Crippen LogP contribution < -0.4 is 14.5 Å². The SMILES string of the molecule is COCC1(COc2nc3c(c(N4CCN(C(=O)OC(C)(C)C)[C@@H](CC#N)C4)n2)CCN(c2cccc4cccc(Cl)c24)C3)CC(C)C1. The fraction of sp³-hybridized carbons (Fsp3) is 0.556. The fourth-order valence-corrected chi connectivity index (χ4v) is 7.85. The van der Waals surface area contributed by atoms with E-state index >= 15 is 0 Å². The molecule has 10 nitrogen and oxygen atoms in total. The zero-order chi connectivity index (χ0) is 33.3. The van der Waals surface area contributed by atoms with Crippen molar-refractivity contribution < 1.29 is 19.0 Å². The second-order valence-corrected chi connectivity index (χ2v) is 14.8. The molecule has 2 fully saturated rings. The van der Waals surface area contributed by atoms with Crippen molar-refractivity contribution in [2.24, 2.45) is 11.3 Å². The highest BCUT2D eigenvalue weighted by molar-refractivity contribution is 6.36. The summed E-state index contributed by atoms with van der Waals surface area (Å²) in [6, 6.07) is 14.6. The fourth-order valence-electron chi connectivity index (χ4n) is 7.57. The van der Waals surface area contributed by atoms with Gasteiger partial charge >= 0.3 is 12.1 Å². The van der Waals surface area contributed by atoms with Gasteiger partial charge in [-0.2, -0.15) is 15.2 Å². The Bertz CT molecular complexity index is 1650. The maximum Gasteiger partial charge on any atom is 0.410 e. The first-order valence-corrected chi connectivity index (χ1v) is 16.9. The molecule has 47 heavy (non-hydrogen) atoms. The van der Waals surface area contributed by atoms with E-state index in [-0.39, 0.29) is 17.9 Å². The van der Waals surface area contributed by atoms with E-state index in [0.717, 1.165) is 64.4 Å². The van der Waals surface area contributed by atoms with Crippen molar-refractivity contribution in [3.8, 4) is 12.1 Å². The minimum atomic E-state index is -0.623. The Kier molecular flexibility index (Phi) is 9.41. The Morgan fingerprint density at radius 3 is 2.55 bits per heavy atom. The number of anilines is 2. The number of carbonyl (C=O) groups excluding carboxylic acids is 1. The molecule has 2 aliphatic heterocycles. The third-order valence-electron chi connectivity index (χ3n) is 9.45. The molecule has 1 saturated carbocycles. The van der Waals surface area contributed by atoms with Gasteiger partial charge in [0.2, 0.25) is 0 Å². The van der Waals surface area contributed by atoms with Gasteiger partial charge in [0.05, 0.1) is 49.0 Å². The molecule has 3 aromatic rings. The van der Waals surface area contributed by atoms with Gasteiger partial charge in [-0.25, -0.2) is 4.79 Å². The van der Waals surface area contributed by atoms with Crippen LogP contribution in [0.4, 0.5) is 16.3 Å². The molecular weight excluding hydrogens is 616 g/mol. The smallest absolute Gasteiger partial charge is 0.410 e. The second kappa shape index (κ2) is 13.4. The molecule has 1 atom stereocenters. The molecule has 3 aliphatic rings. The van der Waals surface area contributed by atoms with Gasteiger partial charge in [-0.3, -0.25) is 0 Å². The van der Waals surface area contributed by atoms with Gasteiger partial charge in [-0.05, 0) is 63.5 Å². The number of halogens is 1. The van der Waals surface area contributed by atoms with Crippen molar-refractivity contribution in [3.63, 3.8) is 0 Å². The van der Waals surface area contributed by atoms with Crippen LogP contribution in [0.5, 0.6) is 6.01 Å². The predicted octanol–water partition coefficient (Wildman–Crippen LogP) is 6.63. The van der Waals surface area contributed by atoms with E-state index in [9.17, 15) is 10.1 Å². The van der Waals surface area contributed by atoms with Crippen LogP contribution in [0.25, 0.3) is 10.8 Å². The minimum absolute atomic E-state index is 0.0454. The lowest BCUT2D eigenvalue weighted by molar-refractivity contribution is -0.0511. The summed E-state index contributed by atoms with van der Waals surface area (Å²) >= 11 is 6.73. The first-order valence-electron chi connectivity index (χ1n) is 16.5. The lowest BCUT2D eigenvalue weighted by Gasteiger charge is -2.45. The van der Waals surface area contributed by atoms with Gasteiger partial charge in [0.25, 0.3) is 0 Å². The summed E-state index contributed by atoms with van der Waals surface area (Å²) in [5.41, 5.74) is 2.39. The Morgan fingerprint density at radius 1 is 1.09 bits per heavy atom. The van der Waals surface area contributed by atoms with Crippen LogP contribution in [0.1, 0.15) is 58.2 Å². The zero-order valence-corrected chi connectivity index (χ0v) is 28.8. The van der Waals surface area contributed by atoms with Gasteiger partial charge in [0.15, 0.2) is 0 Å². The van der Waals surface area contributed by atoms with E-state index in [1.165, 1.54) is 0 Å². The second-order valence-electron chi connectivity index (χ2n) is 14.4. The number of rotatable bonds is 8. The van der Waals surface area contributed by atoms with E-state index in [0.29, 0.717) is 51.3 Å². The molecule has 0 unspecified atom stereocenters. The maximum atomic E-state index is 13.1. The first-order chi connectivity index (χ1) is 22.5. The van der Waals surface area contributed by atoms with Crippen molar-refractivity contribution in [3.05, 3.63) is 52.7 Å². The molecule has 250 valence electrons. The molecule has 2 aromatic carbocycles. The molecule has 0 bridgehead atoms. The number of benzene rings is 2. The Morgan fingerprint density at radius 2 is 1.85 bits per heavy atom. The van der Waals surface area contributed by atoms with E-state index in [4.69, 9.17) is 35.8 Å². The van der Waals surface area contributed by atoms with Crippen LogP contribution in [0, 0.1) is 22.7 Å². The number of ether oxygens (including phenoxy) is 3. The summed E-state index contributed by atoms with van der Waals surface area (Å²) in [5.74, 6) is 1.45. The van der Waals surface area contributed by atoms with Crippen LogP contribution in [-0.2, 0) is 22.4 Å².